The summed E-state index contributed by atoms with van der Waals surface area (Å²) in [7, 11) is 0. The summed E-state index contributed by atoms with van der Waals surface area (Å²) in [4.78, 5) is 35.4. The number of nitrogens with one attached hydrogen (secondary N) is 1. The Kier molecular flexibility index (Phi) is 4.97. The van der Waals surface area contributed by atoms with Crippen LogP contribution in [0.15, 0.2) is 34.1 Å². The first-order valence-corrected chi connectivity index (χ1v) is 8.66. The van der Waals surface area contributed by atoms with E-state index in [2.05, 4.69) is 5.32 Å². The predicted octanol–water partition coefficient (Wildman–Crippen LogP) is 3.35. The van der Waals surface area contributed by atoms with Crippen molar-refractivity contribution in [1.82, 2.24) is 0 Å². The van der Waals surface area contributed by atoms with Gasteiger partial charge in [-0.1, -0.05) is 23.7 Å². The second-order valence-electron chi connectivity index (χ2n) is 5.32. The number of para-hydroxylation sites is 1. The molecule has 0 spiro atoms. The Balaban J connectivity index is 1.68. The summed E-state index contributed by atoms with van der Waals surface area (Å²) < 4.78 is 10.5. The number of fused-ring (bicyclic) bond motifs is 1. The molecule has 134 valence electrons. The molecule has 3 aromatic rings. The molecule has 0 saturated heterocycles. The normalized spacial score (nSPS) is 10.7. The molecule has 1 aromatic carbocycles. The highest BCUT2D eigenvalue weighted by Crippen LogP contribution is 2.31. The van der Waals surface area contributed by atoms with Crippen LogP contribution >= 0.6 is 22.9 Å². The lowest BCUT2D eigenvalue weighted by Crippen LogP contribution is -2.22. The molecular weight excluding hydrogens is 380 g/mol. The number of benzene rings is 1. The van der Waals surface area contributed by atoms with Crippen LogP contribution in [0, 0.1) is 6.92 Å². The predicted molar refractivity (Wildman–Crippen MR) is 97.7 cm³/mol. The second kappa shape index (κ2) is 7.19. The lowest BCUT2D eigenvalue weighted by atomic mass is 10.1. The first-order valence-electron chi connectivity index (χ1n) is 7.40. The molecule has 0 aliphatic carbocycles. The van der Waals surface area contributed by atoms with Crippen LogP contribution in [0.2, 0.25) is 5.02 Å². The van der Waals surface area contributed by atoms with Gasteiger partial charge in [-0.25, -0.2) is 4.79 Å². The SMILES string of the molecule is Cc1c(C(=O)OCC(=O)Nc2sccc2C(N)=O)oc2c(Cl)cccc12. The molecule has 0 aliphatic heterocycles. The van der Waals surface area contributed by atoms with E-state index < -0.39 is 24.4 Å². The van der Waals surface area contributed by atoms with Gasteiger partial charge < -0.3 is 20.2 Å². The molecule has 2 aromatic heterocycles. The third-order valence-electron chi connectivity index (χ3n) is 3.62. The van der Waals surface area contributed by atoms with Crippen molar-refractivity contribution in [2.45, 2.75) is 6.92 Å². The van der Waals surface area contributed by atoms with Crippen molar-refractivity contribution in [3.63, 3.8) is 0 Å². The Morgan fingerprint density at radius 2 is 2.08 bits per heavy atom. The van der Waals surface area contributed by atoms with Gasteiger partial charge in [0.15, 0.2) is 12.2 Å². The molecule has 0 fully saturated rings. The molecule has 2 heterocycles. The summed E-state index contributed by atoms with van der Waals surface area (Å²) >= 11 is 7.19. The zero-order valence-electron chi connectivity index (χ0n) is 13.5. The summed E-state index contributed by atoms with van der Waals surface area (Å²) in [5.74, 6) is -2.07. The number of anilines is 1. The Labute approximate surface area is 156 Å². The maximum absolute atomic E-state index is 12.2. The number of furan rings is 1. The van der Waals surface area contributed by atoms with Crippen LogP contribution in [-0.4, -0.2) is 24.4 Å². The first kappa shape index (κ1) is 18.0. The van der Waals surface area contributed by atoms with E-state index in [4.69, 9.17) is 26.5 Å². The number of amides is 2. The van der Waals surface area contributed by atoms with Crippen molar-refractivity contribution in [2.75, 3.05) is 11.9 Å². The van der Waals surface area contributed by atoms with Crippen molar-refractivity contribution in [3.05, 3.63) is 51.6 Å². The molecule has 3 N–H and O–H groups in total. The number of hydrogen-bond donors (Lipinski definition) is 2. The van der Waals surface area contributed by atoms with Crippen molar-refractivity contribution in [3.8, 4) is 0 Å². The third-order valence-corrected chi connectivity index (χ3v) is 4.75. The van der Waals surface area contributed by atoms with E-state index in [1.165, 1.54) is 6.07 Å². The maximum Gasteiger partial charge on any atom is 0.375 e. The largest absolute Gasteiger partial charge is 0.450 e. The summed E-state index contributed by atoms with van der Waals surface area (Å²) in [6.45, 7) is 1.16. The Hall–Kier alpha value is -2.84. The van der Waals surface area contributed by atoms with E-state index >= 15 is 0 Å². The molecule has 0 atom stereocenters. The van der Waals surface area contributed by atoms with E-state index in [1.807, 2.05) is 0 Å². The number of rotatable bonds is 5. The minimum absolute atomic E-state index is 0.0187. The number of primary amides is 1. The minimum atomic E-state index is -0.786. The summed E-state index contributed by atoms with van der Waals surface area (Å²) in [6.07, 6.45) is 0. The van der Waals surface area contributed by atoms with Gasteiger partial charge in [-0.3, -0.25) is 9.59 Å². The number of aryl methyl sites for hydroxylation is 1. The van der Waals surface area contributed by atoms with Gasteiger partial charge in [0, 0.05) is 10.9 Å². The zero-order valence-corrected chi connectivity index (χ0v) is 15.1. The van der Waals surface area contributed by atoms with Crippen LogP contribution in [0.25, 0.3) is 11.0 Å². The van der Waals surface area contributed by atoms with Crippen molar-refractivity contribution in [2.24, 2.45) is 5.73 Å². The van der Waals surface area contributed by atoms with Gasteiger partial charge in [0.25, 0.3) is 11.8 Å². The fourth-order valence-electron chi connectivity index (χ4n) is 2.36. The molecule has 0 saturated carbocycles. The highest BCUT2D eigenvalue weighted by Gasteiger charge is 2.21. The highest BCUT2D eigenvalue weighted by molar-refractivity contribution is 7.14. The fourth-order valence-corrected chi connectivity index (χ4v) is 3.38. The molecule has 0 bridgehead atoms. The van der Waals surface area contributed by atoms with E-state index in [9.17, 15) is 14.4 Å². The number of esters is 1. The second-order valence-corrected chi connectivity index (χ2v) is 6.65. The molecule has 0 radical (unpaired) electrons. The smallest absolute Gasteiger partial charge is 0.375 e. The van der Waals surface area contributed by atoms with Gasteiger partial charge in [0.2, 0.25) is 5.76 Å². The van der Waals surface area contributed by atoms with Crippen LogP contribution in [0.3, 0.4) is 0 Å². The molecular formula is C17H13ClN2O5S. The van der Waals surface area contributed by atoms with E-state index in [0.717, 1.165) is 11.3 Å². The number of carbonyl (C=O) groups is 3. The lowest BCUT2D eigenvalue weighted by Gasteiger charge is -2.05. The van der Waals surface area contributed by atoms with Crippen LogP contribution in [0.5, 0.6) is 0 Å². The van der Waals surface area contributed by atoms with Crippen LogP contribution < -0.4 is 11.1 Å². The van der Waals surface area contributed by atoms with Gasteiger partial charge in [-0.15, -0.1) is 11.3 Å². The third kappa shape index (κ3) is 3.42. The Morgan fingerprint density at radius 3 is 2.77 bits per heavy atom. The lowest BCUT2D eigenvalue weighted by molar-refractivity contribution is -0.119. The molecule has 0 aliphatic rings. The zero-order chi connectivity index (χ0) is 18.8. The van der Waals surface area contributed by atoms with Gasteiger partial charge >= 0.3 is 5.97 Å². The molecule has 0 unspecified atom stereocenters. The van der Waals surface area contributed by atoms with Crippen molar-refractivity contribution < 1.29 is 23.5 Å². The van der Waals surface area contributed by atoms with Crippen LogP contribution in [-0.2, 0) is 9.53 Å². The van der Waals surface area contributed by atoms with Crippen LogP contribution in [0.4, 0.5) is 5.00 Å². The van der Waals surface area contributed by atoms with Gasteiger partial charge in [-0.05, 0) is 24.4 Å². The standard InChI is InChI=1S/C17H13ClN2O5S/c1-8-9-3-2-4-11(18)14(9)25-13(8)17(23)24-7-12(21)20-16-10(15(19)22)5-6-26-16/h2-6H,7H2,1H3,(H2,19,22)(H,20,21). The number of nitrogens with two attached hydrogens (primary N) is 1. The van der Waals surface area contributed by atoms with E-state index in [1.54, 1.807) is 30.5 Å². The first-order chi connectivity index (χ1) is 12.4. The molecule has 2 amide bonds. The average molecular weight is 393 g/mol. The molecule has 7 nitrogen and oxygen atoms in total. The number of ether oxygens (including phenoxy) is 1. The number of carbonyl (C=O) groups excluding carboxylic acids is 3. The quantitative estimate of drug-likeness (QED) is 0.646. The molecule has 9 heteroatoms. The number of thiophene rings is 1. The Morgan fingerprint density at radius 1 is 1.31 bits per heavy atom. The average Bonchev–Trinajstić information content (AvgIpc) is 3.19. The molecule has 26 heavy (non-hydrogen) atoms. The topological polar surface area (TPSA) is 112 Å². The number of hydrogen-bond acceptors (Lipinski definition) is 6. The minimum Gasteiger partial charge on any atom is -0.450 e. The maximum atomic E-state index is 12.2. The highest BCUT2D eigenvalue weighted by atomic mass is 35.5. The van der Waals surface area contributed by atoms with Gasteiger partial charge in [0.05, 0.1) is 10.6 Å². The fraction of sp³-hybridized carbons (Fsp3) is 0.118. The Bertz CT molecular complexity index is 1020. The van der Waals surface area contributed by atoms with Gasteiger partial charge in [0.1, 0.15) is 5.00 Å². The summed E-state index contributed by atoms with van der Waals surface area (Å²) in [5, 5.41) is 5.46. The number of halogens is 1. The monoisotopic (exact) mass is 392 g/mol. The summed E-state index contributed by atoms with van der Waals surface area (Å²) in [6, 6.07) is 6.65. The van der Waals surface area contributed by atoms with Crippen molar-refractivity contribution >= 4 is 56.7 Å². The van der Waals surface area contributed by atoms with Gasteiger partial charge in [-0.2, -0.15) is 0 Å². The van der Waals surface area contributed by atoms with Crippen LogP contribution in [0.1, 0.15) is 26.5 Å². The summed E-state index contributed by atoms with van der Waals surface area (Å²) in [5.41, 5.74) is 6.35. The van der Waals surface area contributed by atoms with E-state index in [-0.39, 0.29) is 11.3 Å². The molecule has 3 rings (SSSR count). The van der Waals surface area contributed by atoms with E-state index in [0.29, 0.717) is 26.6 Å². The van der Waals surface area contributed by atoms with Crippen molar-refractivity contribution in [1.29, 1.82) is 0 Å².